The Morgan fingerprint density at radius 1 is 1.14 bits per heavy atom. The van der Waals surface area contributed by atoms with Crippen molar-refractivity contribution in [3.63, 3.8) is 0 Å². The summed E-state index contributed by atoms with van der Waals surface area (Å²) in [5.41, 5.74) is 5.61. The minimum absolute atomic E-state index is 0. The SMILES string of the molecule is CCOC(=O)CN(C(=O)[C@H](CC(=O)NC[C@H]1CCCN(C(=N)N)C1)NS(=O)(=O)c1ccc2ccccc2c1)C1CC1.Cl. The number of carbonyl (C=O) groups is 3. The lowest BCUT2D eigenvalue weighted by atomic mass is 9.98. The van der Waals surface area contributed by atoms with Crippen LogP contribution in [0.3, 0.4) is 0 Å². The largest absolute Gasteiger partial charge is 0.465 e. The molecule has 2 aromatic carbocycles. The minimum atomic E-state index is -4.21. The zero-order valence-electron chi connectivity index (χ0n) is 23.6. The van der Waals surface area contributed by atoms with Crippen LogP contribution in [-0.4, -0.2) is 86.8 Å². The maximum absolute atomic E-state index is 13.7. The molecule has 5 N–H and O–H groups in total. The van der Waals surface area contributed by atoms with Gasteiger partial charge in [-0.15, -0.1) is 12.4 Å². The Morgan fingerprint density at radius 2 is 1.86 bits per heavy atom. The van der Waals surface area contributed by atoms with Crippen molar-refractivity contribution < 1.29 is 27.5 Å². The lowest BCUT2D eigenvalue weighted by molar-refractivity contribution is -0.150. The number of benzene rings is 2. The highest BCUT2D eigenvalue weighted by Gasteiger charge is 2.39. The zero-order chi connectivity index (χ0) is 29.6. The van der Waals surface area contributed by atoms with Crippen LogP contribution >= 0.6 is 12.4 Å². The molecule has 1 saturated carbocycles. The summed E-state index contributed by atoms with van der Waals surface area (Å²) < 4.78 is 34.4. The first kappa shape index (κ1) is 33.1. The van der Waals surface area contributed by atoms with E-state index >= 15 is 0 Å². The number of sulfonamides is 1. The van der Waals surface area contributed by atoms with E-state index in [4.69, 9.17) is 15.9 Å². The Labute approximate surface area is 252 Å². The van der Waals surface area contributed by atoms with Gasteiger partial charge in [0.05, 0.1) is 17.9 Å². The van der Waals surface area contributed by atoms with E-state index in [-0.39, 0.29) is 48.4 Å². The van der Waals surface area contributed by atoms with Gasteiger partial charge >= 0.3 is 5.97 Å². The van der Waals surface area contributed by atoms with Gasteiger partial charge in [0.2, 0.25) is 21.8 Å². The van der Waals surface area contributed by atoms with Crippen LogP contribution in [0, 0.1) is 11.3 Å². The third-order valence-electron chi connectivity index (χ3n) is 7.34. The van der Waals surface area contributed by atoms with Gasteiger partial charge in [-0.2, -0.15) is 4.72 Å². The number of rotatable bonds is 12. The summed E-state index contributed by atoms with van der Waals surface area (Å²) in [6.07, 6.45) is 2.58. The molecule has 1 saturated heterocycles. The Morgan fingerprint density at radius 3 is 2.52 bits per heavy atom. The van der Waals surface area contributed by atoms with Crippen LogP contribution in [0.1, 0.15) is 39.0 Å². The third kappa shape index (κ3) is 8.79. The number of nitrogens with two attached hydrogens (primary N) is 1. The summed E-state index contributed by atoms with van der Waals surface area (Å²) in [6.45, 7) is 3.00. The summed E-state index contributed by atoms with van der Waals surface area (Å²) in [5.74, 6) is -1.71. The highest BCUT2D eigenvalue weighted by atomic mass is 35.5. The molecule has 1 aliphatic heterocycles. The van der Waals surface area contributed by atoms with Crippen LogP contribution in [0.5, 0.6) is 0 Å². The quantitative estimate of drug-likeness (QED) is 0.157. The predicted molar refractivity (Wildman–Crippen MR) is 161 cm³/mol. The summed E-state index contributed by atoms with van der Waals surface area (Å²) in [4.78, 5) is 42.0. The molecule has 2 aliphatic rings. The first-order chi connectivity index (χ1) is 19.6. The molecule has 2 fully saturated rings. The molecule has 1 aliphatic carbocycles. The van der Waals surface area contributed by atoms with Crippen molar-refractivity contribution in [2.24, 2.45) is 11.7 Å². The number of nitrogens with zero attached hydrogens (tertiary/aromatic N) is 2. The highest BCUT2D eigenvalue weighted by Crippen LogP contribution is 2.28. The van der Waals surface area contributed by atoms with E-state index in [0.29, 0.717) is 37.9 Å². The lowest BCUT2D eigenvalue weighted by Crippen LogP contribution is -2.52. The van der Waals surface area contributed by atoms with Gasteiger partial charge in [-0.1, -0.05) is 30.3 Å². The molecule has 2 atom stereocenters. The Bertz CT molecular complexity index is 1400. The van der Waals surface area contributed by atoms with Gasteiger partial charge in [-0.25, -0.2) is 8.42 Å². The van der Waals surface area contributed by atoms with E-state index in [1.165, 1.54) is 17.0 Å². The van der Waals surface area contributed by atoms with Gasteiger partial charge in [0, 0.05) is 25.7 Å². The van der Waals surface area contributed by atoms with E-state index in [0.717, 1.165) is 18.2 Å². The van der Waals surface area contributed by atoms with E-state index in [1.807, 2.05) is 12.1 Å². The molecule has 4 rings (SSSR count). The molecule has 2 amide bonds. The van der Waals surface area contributed by atoms with Crippen molar-refractivity contribution >= 4 is 56.9 Å². The standard InChI is InChI=1S/C28H38N6O6S.ClH/c1-2-40-26(36)18-34(22-10-11-22)27(37)24(15-25(35)31-16-19-6-5-13-33(17-19)28(29)30)32-41(38,39)23-12-9-20-7-3-4-8-21(20)14-23;/h3-4,7-9,12,14,19,22,24,32H,2,5-6,10-11,13,15-18H2,1H3,(H3,29,30)(H,31,35);1H/t19-,24+;/m1./s1. The van der Waals surface area contributed by atoms with E-state index < -0.39 is 40.3 Å². The number of guanidine groups is 1. The van der Waals surface area contributed by atoms with Gasteiger partial charge in [0.25, 0.3) is 0 Å². The average Bonchev–Trinajstić information content (AvgIpc) is 3.79. The van der Waals surface area contributed by atoms with Crippen molar-refractivity contribution in [1.29, 1.82) is 5.41 Å². The molecular formula is C28H39ClN6O6S. The molecule has 12 nitrogen and oxygen atoms in total. The number of hydrogen-bond donors (Lipinski definition) is 4. The summed E-state index contributed by atoms with van der Waals surface area (Å²) in [5, 5.41) is 12.1. The number of piperidine rings is 1. The number of nitrogens with one attached hydrogen (secondary N) is 3. The summed E-state index contributed by atoms with van der Waals surface area (Å²) in [6, 6.07) is 10.3. The predicted octanol–water partition coefficient (Wildman–Crippen LogP) is 1.57. The molecule has 0 radical (unpaired) electrons. The molecule has 14 heteroatoms. The smallest absolute Gasteiger partial charge is 0.325 e. The summed E-state index contributed by atoms with van der Waals surface area (Å²) in [7, 11) is -4.21. The number of amides is 2. The second-order valence-electron chi connectivity index (χ2n) is 10.5. The number of fused-ring (bicyclic) bond motifs is 1. The van der Waals surface area contributed by atoms with E-state index in [2.05, 4.69) is 10.0 Å². The fourth-order valence-electron chi connectivity index (χ4n) is 5.05. The molecule has 2 aromatic rings. The monoisotopic (exact) mass is 622 g/mol. The maximum Gasteiger partial charge on any atom is 0.325 e. The Kier molecular flexibility index (Phi) is 11.5. The van der Waals surface area contributed by atoms with Crippen LogP contribution in [0.2, 0.25) is 0 Å². The Balaban J connectivity index is 0.00000484. The maximum atomic E-state index is 13.7. The number of likely N-dealkylation sites (tertiary alicyclic amines) is 1. The van der Waals surface area contributed by atoms with Gasteiger partial charge in [0.1, 0.15) is 12.6 Å². The second-order valence-corrected chi connectivity index (χ2v) is 12.2. The molecule has 0 spiro atoms. The molecule has 0 bridgehead atoms. The molecule has 230 valence electrons. The van der Waals surface area contributed by atoms with E-state index in [9.17, 15) is 22.8 Å². The van der Waals surface area contributed by atoms with E-state index in [1.54, 1.807) is 30.0 Å². The number of halogens is 1. The molecule has 42 heavy (non-hydrogen) atoms. The van der Waals surface area contributed by atoms with Crippen LogP contribution in [0.25, 0.3) is 10.8 Å². The zero-order valence-corrected chi connectivity index (χ0v) is 25.2. The number of esters is 1. The normalized spacial score (nSPS) is 17.5. The molecule has 0 unspecified atom stereocenters. The van der Waals surface area contributed by atoms with Crippen LogP contribution in [-0.2, 0) is 29.1 Å². The third-order valence-corrected chi connectivity index (χ3v) is 8.81. The minimum Gasteiger partial charge on any atom is -0.465 e. The second kappa shape index (κ2) is 14.7. The van der Waals surface area contributed by atoms with Gasteiger partial charge in [-0.3, -0.25) is 19.8 Å². The van der Waals surface area contributed by atoms with Crippen molar-refractivity contribution in [2.45, 2.75) is 56.0 Å². The van der Waals surface area contributed by atoms with Crippen LogP contribution in [0.15, 0.2) is 47.4 Å². The van der Waals surface area contributed by atoms with Crippen LogP contribution < -0.4 is 15.8 Å². The fourth-order valence-corrected chi connectivity index (χ4v) is 6.28. The van der Waals surface area contributed by atoms with Crippen molar-refractivity contribution in [2.75, 3.05) is 32.8 Å². The van der Waals surface area contributed by atoms with Crippen molar-refractivity contribution in [3.8, 4) is 0 Å². The van der Waals surface area contributed by atoms with Crippen molar-refractivity contribution in [1.82, 2.24) is 19.8 Å². The number of carbonyl (C=O) groups excluding carboxylic acids is 3. The first-order valence-electron chi connectivity index (χ1n) is 13.9. The highest BCUT2D eigenvalue weighted by molar-refractivity contribution is 7.89. The molecule has 0 aromatic heterocycles. The number of ether oxygens (including phenoxy) is 1. The van der Waals surface area contributed by atoms with Gasteiger partial charge < -0.3 is 25.6 Å². The number of hydrogen-bond acceptors (Lipinski definition) is 7. The summed E-state index contributed by atoms with van der Waals surface area (Å²) >= 11 is 0. The average molecular weight is 623 g/mol. The topological polar surface area (TPSA) is 175 Å². The lowest BCUT2D eigenvalue weighted by Gasteiger charge is -2.33. The first-order valence-corrected chi connectivity index (χ1v) is 15.4. The van der Waals surface area contributed by atoms with Crippen molar-refractivity contribution in [3.05, 3.63) is 42.5 Å². The fraction of sp³-hybridized carbons (Fsp3) is 0.500. The Hall–Kier alpha value is -3.42. The van der Waals surface area contributed by atoms with Gasteiger partial charge in [-0.05, 0) is 61.4 Å². The molecule has 1 heterocycles. The molecular weight excluding hydrogens is 584 g/mol. The van der Waals surface area contributed by atoms with Gasteiger partial charge in [0.15, 0.2) is 5.96 Å². The van der Waals surface area contributed by atoms with Crippen LogP contribution in [0.4, 0.5) is 0 Å².